The molecule has 1 unspecified atom stereocenters. The standard InChI is InChI=1S/C67H115N11O16/c1-24-27-28-43(15)57(94-67(91)93-36-92-53(81)26-3)56-61(85)70-47(25-2)63(87)72(18)35-52(80)73(19)48(30-38(6)7)60(84)71-54(40(10)11)65(89)74(20)49(31-39(8)9)59(83)68-44(16)58(82)69-45(17)62(86)75(21)50-32-42(14)34-78(64(50)88)46(29-37(4)5)33-51(79)76(22)55(41(12)13)66(90)77(56)23/h24,27,37-50,54-57H,25-26,28-36H2,1-23H3,(H,68,83)(H,69,82)(H,70,85)(H,71,84)/b27-24+/t42?,43-,44+,45-,46+,47+,48+,49+,50+,54+,55+,56+,57-/m1/s1. The molecule has 13 atom stereocenters. The summed E-state index contributed by atoms with van der Waals surface area (Å²) in [6, 6.07) is -12.2. The quantitative estimate of drug-likeness (QED) is 0.0905. The van der Waals surface area contributed by atoms with Gasteiger partial charge in [-0.05, 0) is 101 Å². The normalized spacial score (nSPS) is 26.7. The van der Waals surface area contributed by atoms with Crippen molar-refractivity contribution < 1.29 is 76.5 Å². The molecule has 0 aromatic rings. The lowest BCUT2D eigenvalue weighted by Gasteiger charge is -2.44. The van der Waals surface area contributed by atoms with Crippen LogP contribution in [0.2, 0.25) is 0 Å². The van der Waals surface area contributed by atoms with Crippen molar-refractivity contribution in [3.63, 3.8) is 0 Å². The van der Waals surface area contributed by atoms with Crippen LogP contribution in [-0.2, 0) is 71.7 Å². The average molecular weight is 1330 g/mol. The van der Waals surface area contributed by atoms with E-state index in [4.69, 9.17) is 14.2 Å². The van der Waals surface area contributed by atoms with E-state index in [0.29, 0.717) is 6.42 Å². The van der Waals surface area contributed by atoms with Crippen LogP contribution in [-0.4, -0.2) is 240 Å². The van der Waals surface area contributed by atoms with Crippen molar-refractivity contribution in [2.75, 3.05) is 62.2 Å². The van der Waals surface area contributed by atoms with Gasteiger partial charge in [-0.2, -0.15) is 0 Å². The largest absolute Gasteiger partial charge is 0.511 e. The Morgan fingerprint density at radius 1 is 0.564 bits per heavy atom. The minimum absolute atomic E-state index is 0.0306. The fourth-order valence-corrected chi connectivity index (χ4v) is 11.9. The number of carbonyl (C=O) groups is 13. The summed E-state index contributed by atoms with van der Waals surface area (Å²) >= 11 is 0. The summed E-state index contributed by atoms with van der Waals surface area (Å²) in [7, 11) is 8.35. The molecule has 0 aliphatic carbocycles. The number of allylic oxidation sites excluding steroid dienone is 2. The number of nitrogens with one attached hydrogen (secondary N) is 4. The molecular weight excluding hydrogens is 1210 g/mol. The molecule has 0 radical (unpaired) electrons. The number of rotatable bonds is 17. The van der Waals surface area contributed by atoms with Gasteiger partial charge in [-0.15, -0.1) is 0 Å². The Morgan fingerprint density at radius 3 is 1.64 bits per heavy atom. The summed E-state index contributed by atoms with van der Waals surface area (Å²) in [6.45, 7) is 28.2. The molecule has 4 N–H and O–H groups in total. The Hall–Kier alpha value is -7.35. The zero-order valence-corrected chi connectivity index (χ0v) is 60.5. The van der Waals surface area contributed by atoms with Crippen molar-refractivity contribution >= 4 is 77.1 Å². The molecule has 2 bridgehead atoms. The second-order valence-corrected chi connectivity index (χ2v) is 27.7. The van der Waals surface area contributed by atoms with Crippen LogP contribution in [0, 0.1) is 41.4 Å². The smallest absolute Gasteiger partial charge is 0.428 e. The van der Waals surface area contributed by atoms with E-state index in [2.05, 4.69) is 21.3 Å². The molecule has 27 heteroatoms. The van der Waals surface area contributed by atoms with Gasteiger partial charge in [0, 0.05) is 67.7 Å². The van der Waals surface area contributed by atoms with Crippen molar-refractivity contribution in [3.05, 3.63) is 12.2 Å². The highest BCUT2D eigenvalue weighted by Crippen LogP contribution is 2.30. The third kappa shape index (κ3) is 23.5. The van der Waals surface area contributed by atoms with Crippen molar-refractivity contribution in [2.24, 2.45) is 41.4 Å². The van der Waals surface area contributed by atoms with Gasteiger partial charge in [0.2, 0.25) is 71.8 Å². The minimum Gasteiger partial charge on any atom is -0.428 e. The minimum atomic E-state index is -1.77. The highest BCUT2D eigenvalue weighted by molar-refractivity contribution is 5.99. The van der Waals surface area contributed by atoms with Crippen LogP contribution in [0.5, 0.6) is 0 Å². The number of piperidine rings is 1. The number of ether oxygens (including phenoxy) is 3. The van der Waals surface area contributed by atoms with E-state index in [0.717, 1.165) is 9.80 Å². The molecule has 2 aliphatic rings. The summed E-state index contributed by atoms with van der Waals surface area (Å²) in [5.41, 5.74) is 0. The summed E-state index contributed by atoms with van der Waals surface area (Å²) in [5.74, 6) is -10.7. The molecule has 0 saturated carbocycles. The summed E-state index contributed by atoms with van der Waals surface area (Å²) < 4.78 is 16.0. The molecule has 2 rings (SSSR count). The average Bonchev–Trinajstić information content (AvgIpc) is 0.839. The Morgan fingerprint density at radius 2 is 1.12 bits per heavy atom. The third-order valence-corrected chi connectivity index (χ3v) is 17.5. The maximum Gasteiger partial charge on any atom is 0.511 e. The first-order valence-corrected chi connectivity index (χ1v) is 33.4. The predicted octanol–water partition coefficient (Wildman–Crippen LogP) is 4.09. The van der Waals surface area contributed by atoms with Gasteiger partial charge < -0.3 is 69.8 Å². The van der Waals surface area contributed by atoms with Crippen LogP contribution in [0.15, 0.2) is 12.2 Å². The van der Waals surface area contributed by atoms with Crippen molar-refractivity contribution in [3.8, 4) is 0 Å². The molecule has 11 amide bonds. The third-order valence-electron chi connectivity index (χ3n) is 17.5. The first-order valence-electron chi connectivity index (χ1n) is 33.4. The van der Waals surface area contributed by atoms with Crippen LogP contribution < -0.4 is 21.3 Å². The van der Waals surface area contributed by atoms with Gasteiger partial charge >= 0.3 is 12.1 Å². The van der Waals surface area contributed by atoms with Crippen LogP contribution >= 0.6 is 0 Å². The van der Waals surface area contributed by atoms with Gasteiger partial charge in [-0.3, -0.25) is 57.5 Å². The number of nitrogens with zero attached hydrogens (tertiary/aromatic N) is 7. The summed E-state index contributed by atoms with van der Waals surface area (Å²) in [4.78, 5) is 196. The van der Waals surface area contributed by atoms with Crippen LogP contribution in [0.4, 0.5) is 4.79 Å². The Kier molecular flexibility index (Phi) is 33.7. The molecule has 0 aromatic carbocycles. The van der Waals surface area contributed by atoms with Gasteiger partial charge in [0.1, 0.15) is 60.5 Å². The molecule has 94 heavy (non-hydrogen) atoms. The predicted molar refractivity (Wildman–Crippen MR) is 353 cm³/mol. The van der Waals surface area contributed by atoms with Crippen LogP contribution in [0.25, 0.3) is 0 Å². The van der Waals surface area contributed by atoms with Crippen LogP contribution in [0.3, 0.4) is 0 Å². The van der Waals surface area contributed by atoms with Gasteiger partial charge in [0.25, 0.3) is 0 Å². The zero-order chi connectivity index (χ0) is 72.1. The summed E-state index contributed by atoms with van der Waals surface area (Å²) in [5, 5.41) is 11.0. The molecule has 2 fully saturated rings. The van der Waals surface area contributed by atoms with Gasteiger partial charge in [0.05, 0.1) is 6.54 Å². The van der Waals surface area contributed by atoms with E-state index in [1.807, 2.05) is 48.5 Å². The molecule has 0 aromatic heterocycles. The van der Waals surface area contributed by atoms with Gasteiger partial charge in [0.15, 0.2) is 0 Å². The fraction of sp³-hybridized carbons (Fsp3) is 0.776. The second-order valence-electron chi connectivity index (χ2n) is 27.7. The fourth-order valence-electron chi connectivity index (χ4n) is 11.9. The first-order chi connectivity index (χ1) is 43.7. The summed E-state index contributed by atoms with van der Waals surface area (Å²) in [6.07, 6.45) is 1.23. The molecule has 27 nitrogen and oxygen atoms in total. The zero-order valence-electron chi connectivity index (χ0n) is 60.5. The molecule has 2 saturated heterocycles. The number of amides is 11. The lowest BCUT2D eigenvalue weighted by atomic mass is 9.89. The van der Waals surface area contributed by atoms with E-state index < -0.39 is 175 Å². The lowest BCUT2D eigenvalue weighted by molar-refractivity contribution is -0.158. The van der Waals surface area contributed by atoms with Crippen molar-refractivity contribution in [1.29, 1.82) is 0 Å². The number of fused-ring (bicyclic) bond motifs is 2. The van der Waals surface area contributed by atoms with E-state index >= 15 is 9.59 Å². The van der Waals surface area contributed by atoms with E-state index in [9.17, 15) is 52.7 Å². The Labute approximate surface area is 558 Å². The van der Waals surface area contributed by atoms with E-state index in [1.54, 1.807) is 65.5 Å². The molecule has 0 spiro atoms. The maximum absolute atomic E-state index is 15.5. The van der Waals surface area contributed by atoms with Crippen molar-refractivity contribution in [2.45, 2.75) is 236 Å². The number of hydrogen-bond donors (Lipinski definition) is 4. The number of carbonyl (C=O) groups excluding carboxylic acids is 13. The van der Waals surface area contributed by atoms with Gasteiger partial charge in [-0.25, -0.2) is 4.79 Å². The molecule has 534 valence electrons. The SMILES string of the molecule is C/C=C/C[C@@H](C)[C@@H](OC(=O)OCOC(=O)CC)[C@H]1C(=O)N[C@@H](CC)C(=O)N(C)CC(=O)N(C)[C@@H](CC(C)C)C(=O)N[C@@H](C(C)C)C(=O)N(C)[C@@H](CC(C)C)C(=O)N[C@@H](C)C(=O)N[C@H](C)C(=O)N(C)[C@H]2CC(C)CN(C2=O)[C@@H](CC(C)C)CC(=O)N(C)[C@@H](C(C)C)C(=O)N1C. The van der Waals surface area contributed by atoms with Crippen LogP contribution in [0.1, 0.15) is 169 Å². The Bertz CT molecular complexity index is 2670. The number of likely N-dealkylation sites (N-methyl/N-ethyl adjacent to an activating group) is 6. The molecular formula is C67H115N11O16. The monoisotopic (exact) mass is 1330 g/mol. The first kappa shape index (κ1) is 82.7. The number of hydrogen-bond acceptors (Lipinski definition) is 16. The highest BCUT2D eigenvalue weighted by atomic mass is 16.8. The van der Waals surface area contributed by atoms with Crippen molar-refractivity contribution in [1.82, 2.24) is 55.6 Å². The molecule has 2 heterocycles. The number of esters is 1. The second kappa shape index (κ2) is 38.3. The topological polar surface area (TPSA) is 320 Å². The van der Waals surface area contributed by atoms with E-state index in [1.165, 1.54) is 82.7 Å². The Balaban J connectivity index is 3.03. The highest BCUT2D eigenvalue weighted by Gasteiger charge is 2.47. The van der Waals surface area contributed by atoms with E-state index in [-0.39, 0.29) is 75.2 Å². The molecule has 2 aliphatic heterocycles. The van der Waals surface area contributed by atoms with Gasteiger partial charge in [-0.1, -0.05) is 109 Å². The lowest BCUT2D eigenvalue weighted by Crippen LogP contribution is -2.63. The maximum atomic E-state index is 15.5.